The molecule has 0 bridgehead atoms. The Hall–Kier alpha value is -3.43. The molecule has 166 valence electrons. The fraction of sp³-hybridized carbons (Fsp3) is 0.429. The Labute approximate surface area is 178 Å². The summed E-state index contributed by atoms with van der Waals surface area (Å²) in [5.74, 6) is -1.81. The SMILES string of the molecule is Cc1c(Oc2ccc(C(=O)O)cc2F)ncnc1OC1CCN(C(=O)OC(C)C)CC1. The molecule has 0 unspecified atom stereocenters. The standard InChI is InChI=1S/C21H24FN3O6/c1-12(2)29-21(28)25-8-6-15(7-9-25)30-18-13(3)19(24-11-23-18)31-17-5-4-14(20(26)27)10-16(17)22/h4-5,10-12,15H,6-9H2,1-3H3,(H,26,27). The number of hydrogen-bond donors (Lipinski definition) is 1. The lowest BCUT2D eigenvalue weighted by Gasteiger charge is -2.31. The summed E-state index contributed by atoms with van der Waals surface area (Å²) in [6.45, 7) is 6.30. The number of hydrogen-bond acceptors (Lipinski definition) is 7. The van der Waals surface area contributed by atoms with Crippen LogP contribution in [0, 0.1) is 12.7 Å². The molecule has 2 aromatic rings. The Bertz CT molecular complexity index is 960. The molecule has 1 aliphatic heterocycles. The van der Waals surface area contributed by atoms with Crippen LogP contribution in [0.4, 0.5) is 9.18 Å². The predicted molar refractivity (Wildman–Crippen MR) is 107 cm³/mol. The normalized spacial score (nSPS) is 14.4. The van der Waals surface area contributed by atoms with Crippen molar-refractivity contribution in [1.82, 2.24) is 14.9 Å². The second-order valence-electron chi connectivity index (χ2n) is 7.40. The Morgan fingerprint density at radius 3 is 2.48 bits per heavy atom. The van der Waals surface area contributed by atoms with Crippen molar-refractivity contribution in [1.29, 1.82) is 0 Å². The summed E-state index contributed by atoms with van der Waals surface area (Å²) >= 11 is 0. The summed E-state index contributed by atoms with van der Waals surface area (Å²) in [7, 11) is 0. The van der Waals surface area contributed by atoms with Crippen LogP contribution in [0.5, 0.6) is 17.5 Å². The van der Waals surface area contributed by atoms with Crippen molar-refractivity contribution < 1.29 is 33.3 Å². The minimum atomic E-state index is -1.23. The van der Waals surface area contributed by atoms with Crippen LogP contribution in [0.15, 0.2) is 24.5 Å². The number of amides is 1. The number of nitrogens with zero attached hydrogens (tertiary/aromatic N) is 3. The molecule has 1 aromatic carbocycles. The average molecular weight is 433 g/mol. The molecule has 1 amide bonds. The average Bonchev–Trinajstić information content (AvgIpc) is 2.72. The maximum absolute atomic E-state index is 14.2. The van der Waals surface area contributed by atoms with Gasteiger partial charge in [-0.2, -0.15) is 0 Å². The third-order valence-corrected chi connectivity index (χ3v) is 4.69. The van der Waals surface area contributed by atoms with Gasteiger partial charge in [0.25, 0.3) is 0 Å². The van der Waals surface area contributed by atoms with Gasteiger partial charge in [-0.05, 0) is 39.0 Å². The van der Waals surface area contributed by atoms with Gasteiger partial charge in [0, 0.05) is 25.9 Å². The van der Waals surface area contributed by atoms with Crippen LogP contribution >= 0.6 is 0 Å². The first-order valence-electron chi connectivity index (χ1n) is 9.89. The van der Waals surface area contributed by atoms with Crippen LogP contribution < -0.4 is 9.47 Å². The number of rotatable bonds is 6. The first-order chi connectivity index (χ1) is 14.7. The number of carbonyl (C=O) groups is 2. The van der Waals surface area contributed by atoms with Gasteiger partial charge in [0.2, 0.25) is 11.8 Å². The van der Waals surface area contributed by atoms with E-state index in [1.807, 2.05) is 0 Å². The maximum Gasteiger partial charge on any atom is 0.410 e. The van der Waals surface area contributed by atoms with Crippen molar-refractivity contribution in [3.8, 4) is 17.5 Å². The Morgan fingerprint density at radius 1 is 1.19 bits per heavy atom. The van der Waals surface area contributed by atoms with E-state index in [-0.39, 0.29) is 35.5 Å². The number of carboxylic acids is 1. The zero-order valence-electron chi connectivity index (χ0n) is 17.5. The van der Waals surface area contributed by atoms with Gasteiger partial charge in [-0.1, -0.05) is 0 Å². The summed E-state index contributed by atoms with van der Waals surface area (Å²) in [6, 6.07) is 3.35. The summed E-state index contributed by atoms with van der Waals surface area (Å²) in [5.41, 5.74) is 0.294. The van der Waals surface area contributed by atoms with Crippen LogP contribution in [0.25, 0.3) is 0 Å². The van der Waals surface area contributed by atoms with Gasteiger partial charge in [0.15, 0.2) is 11.6 Å². The van der Waals surface area contributed by atoms with Crippen LogP contribution in [-0.4, -0.2) is 57.3 Å². The Morgan fingerprint density at radius 2 is 1.87 bits per heavy atom. The van der Waals surface area contributed by atoms with Crippen LogP contribution in [-0.2, 0) is 4.74 Å². The topological polar surface area (TPSA) is 111 Å². The highest BCUT2D eigenvalue weighted by atomic mass is 19.1. The van der Waals surface area contributed by atoms with Gasteiger partial charge in [0.1, 0.15) is 12.4 Å². The van der Waals surface area contributed by atoms with E-state index >= 15 is 0 Å². The molecule has 9 nitrogen and oxygen atoms in total. The number of carboxylic acid groups (broad SMARTS) is 1. The molecule has 1 N–H and O–H groups in total. The lowest BCUT2D eigenvalue weighted by Crippen LogP contribution is -2.42. The molecule has 0 spiro atoms. The minimum Gasteiger partial charge on any atom is -0.478 e. The van der Waals surface area contributed by atoms with Crippen molar-refractivity contribution in [2.45, 2.75) is 45.8 Å². The van der Waals surface area contributed by atoms with E-state index in [0.717, 1.165) is 6.07 Å². The fourth-order valence-corrected chi connectivity index (χ4v) is 3.05. The maximum atomic E-state index is 14.2. The van der Waals surface area contributed by atoms with Gasteiger partial charge < -0.3 is 24.2 Å². The molecule has 1 fully saturated rings. The molecule has 1 saturated heterocycles. The molecule has 1 aromatic heterocycles. The molecule has 31 heavy (non-hydrogen) atoms. The quantitative estimate of drug-likeness (QED) is 0.732. The van der Waals surface area contributed by atoms with Crippen LogP contribution in [0.1, 0.15) is 42.6 Å². The monoisotopic (exact) mass is 433 g/mol. The van der Waals surface area contributed by atoms with Crippen molar-refractivity contribution in [3.05, 3.63) is 41.5 Å². The van der Waals surface area contributed by atoms with Crippen LogP contribution in [0.2, 0.25) is 0 Å². The second-order valence-corrected chi connectivity index (χ2v) is 7.40. The number of carbonyl (C=O) groups excluding carboxylic acids is 1. The number of likely N-dealkylation sites (tertiary alicyclic amines) is 1. The van der Waals surface area contributed by atoms with Crippen LogP contribution in [0.3, 0.4) is 0 Å². The Kier molecular flexibility index (Phi) is 6.88. The van der Waals surface area contributed by atoms with E-state index in [2.05, 4.69) is 9.97 Å². The van der Waals surface area contributed by atoms with E-state index in [1.54, 1.807) is 25.7 Å². The van der Waals surface area contributed by atoms with E-state index < -0.39 is 11.8 Å². The number of piperidine rings is 1. The Balaban J connectivity index is 1.64. The van der Waals surface area contributed by atoms with Crippen molar-refractivity contribution in [2.75, 3.05) is 13.1 Å². The predicted octanol–water partition coefficient (Wildman–Crippen LogP) is 3.80. The third kappa shape index (κ3) is 5.59. The fourth-order valence-electron chi connectivity index (χ4n) is 3.05. The summed E-state index contributed by atoms with van der Waals surface area (Å²) in [4.78, 5) is 32.7. The van der Waals surface area contributed by atoms with Gasteiger partial charge in [-0.25, -0.2) is 23.9 Å². The number of aromatic nitrogens is 2. The first kappa shape index (κ1) is 22.3. The highest BCUT2D eigenvalue weighted by molar-refractivity contribution is 5.87. The van der Waals surface area contributed by atoms with Crippen molar-refractivity contribution in [2.24, 2.45) is 0 Å². The summed E-state index contributed by atoms with van der Waals surface area (Å²) in [6.07, 6.45) is 1.80. The lowest BCUT2D eigenvalue weighted by atomic mass is 10.1. The van der Waals surface area contributed by atoms with Crippen molar-refractivity contribution >= 4 is 12.1 Å². The number of halogens is 1. The van der Waals surface area contributed by atoms with Gasteiger partial charge in [-0.15, -0.1) is 0 Å². The van der Waals surface area contributed by atoms with Crippen molar-refractivity contribution in [3.63, 3.8) is 0 Å². The molecule has 1 aliphatic rings. The zero-order chi connectivity index (χ0) is 22.5. The molecule has 0 atom stereocenters. The van der Waals surface area contributed by atoms with E-state index in [1.165, 1.54) is 18.5 Å². The first-order valence-corrected chi connectivity index (χ1v) is 9.89. The largest absolute Gasteiger partial charge is 0.478 e. The molecule has 2 heterocycles. The highest BCUT2D eigenvalue weighted by Crippen LogP contribution is 2.30. The van der Waals surface area contributed by atoms with E-state index in [0.29, 0.717) is 37.4 Å². The number of ether oxygens (including phenoxy) is 3. The minimum absolute atomic E-state index is 0.102. The molecule has 0 aliphatic carbocycles. The van der Waals surface area contributed by atoms with E-state index in [9.17, 15) is 14.0 Å². The summed E-state index contributed by atoms with van der Waals surface area (Å²) < 4.78 is 30.9. The molecule has 10 heteroatoms. The van der Waals surface area contributed by atoms with E-state index in [4.69, 9.17) is 19.3 Å². The van der Waals surface area contributed by atoms with Gasteiger partial charge in [-0.3, -0.25) is 0 Å². The molecular formula is C21H24FN3O6. The second kappa shape index (κ2) is 9.59. The smallest absolute Gasteiger partial charge is 0.410 e. The van der Waals surface area contributed by atoms with Gasteiger partial charge >= 0.3 is 12.1 Å². The van der Waals surface area contributed by atoms with Gasteiger partial charge in [0.05, 0.1) is 17.2 Å². The molecular weight excluding hydrogens is 409 g/mol. The number of benzene rings is 1. The summed E-state index contributed by atoms with van der Waals surface area (Å²) in [5, 5.41) is 8.94. The number of aromatic carboxylic acids is 1. The lowest BCUT2D eigenvalue weighted by molar-refractivity contribution is 0.0504. The third-order valence-electron chi connectivity index (χ3n) is 4.69. The highest BCUT2D eigenvalue weighted by Gasteiger charge is 2.26. The zero-order valence-corrected chi connectivity index (χ0v) is 17.5. The molecule has 0 saturated carbocycles. The molecule has 0 radical (unpaired) electrons. The molecule has 3 rings (SSSR count).